The summed E-state index contributed by atoms with van der Waals surface area (Å²) in [5.41, 5.74) is 0.0907. The molecule has 0 bridgehead atoms. The Hall–Kier alpha value is -0.120. The maximum absolute atomic E-state index is 9.32. The molecule has 3 N–H and O–H groups in total. The summed E-state index contributed by atoms with van der Waals surface area (Å²) in [5, 5.41) is 15.9. The van der Waals surface area contributed by atoms with E-state index in [1.165, 1.54) is 0 Å². The SMILES string of the molecule is CCNC(=NCC(CC)(CC)CCO)NCCOCC1CCCO1.I. The van der Waals surface area contributed by atoms with Crippen LogP contribution in [-0.2, 0) is 9.47 Å². The average molecular weight is 471 g/mol. The van der Waals surface area contributed by atoms with Gasteiger partial charge in [0.1, 0.15) is 0 Å². The first-order chi connectivity index (χ1) is 11.7. The summed E-state index contributed by atoms with van der Waals surface area (Å²) in [4.78, 5) is 4.72. The second kappa shape index (κ2) is 15.0. The summed E-state index contributed by atoms with van der Waals surface area (Å²) in [7, 11) is 0. The van der Waals surface area contributed by atoms with E-state index in [1.807, 2.05) is 0 Å². The van der Waals surface area contributed by atoms with Gasteiger partial charge in [0.05, 0.1) is 19.3 Å². The van der Waals surface area contributed by atoms with E-state index in [9.17, 15) is 5.11 Å². The van der Waals surface area contributed by atoms with Gasteiger partial charge in [-0.2, -0.15) is 0 Å². The van der Waals surface area contributed by atoms with Gasteiger partial charge in [0.2, 0.25) is 0 Å². The van der Waals surface area contributed by atoms with Gasteiger partial charge in [-0.25, -0.2) is 0 Å². The van der Waals surface area contributed by atoms with Crippen molar-refractivity contribution in [3.8, 4) is 0 Å². The van der Waals surface area contributed by atoms with Crippen molar-refractivity contribution in [3.05, 3.63) is 0 Å². The van der Waals surface area contributed by atoms with Gasteiger partial charge < -0.3 is 25.2 Å². The molecular weight excluding hydrogens is 433 g/mol. The lowest BCUT2D eigenvalue weighted by Crippen LogP contribution is -2.40. The Morgan fingerprint density at radius 2 is 2.04 bits per heavy atom. The Morgan fingerprint density at radius 1 is 1.28 bits per heavy atom. The smallest absolute Gasteiger partial charge is 0.191 e. The Labute approximate surface area is 170 Å². The van der Waals surface area contributed by atoms with E-state index in [1.54, 1.807) is 0 Å². The first kappa shape index (κ1) is 24.9. The second-order valence-corrected chi connectivity index (χ2v) is 6.51. The number of ether oxygens (including phenoxy) is 2. The number of rotatable bonds is 12. The number of aliphatic imine (C=N–C) groups is 1. The fourth-order valence-corrected chi connectivity index (χ4v) is 2.96. The normalized spacial score (nSPS) is 18.1. The zero-order valence-corrected chi connectivity index (χ0v) is 18.5. The van der Waals surface area contributed by atoms with Gasteiger partial charge in [-0.15, -0.1) is 24.0 Å². The molecule has 0 saturated carbocycles. The van der Waals surface area contributed by atoms with Gasteiger partial charge >= 0.3 is 0 Å². The third kappa shape index (κ3) is 9.96. The van der Waals surface area contributed by atoms with Crippen LogP contribution in [0.1, 0.15) is 52.9 Å². The van der Waals surface area contributed by atoms with E-state index in [4.69, 9.17) is 14.5 Å². The number of nitrogens with one attached hydrogen (secondary N) is 2. The summed E-state index contributed by atoms with van der Waals surface area (Å²) in [6, 6.07) is 0. The maximum Gasteiger partial charge on any atom is 0.191 e. The number of hydrogen-bond acceptors (Lipinski definition) is 4. The highest BCUT2D eigenvalue weighted by atomic mass is 127. The average Bonchev–Trinajstić information content (AvgIpc) is 3.11. The highest BCUT2D eigenvalue weighted by Gasteiger charge is 2.25. The molecule has 1 rings (SSSR count). The van der Waals surface area contributed by atoms with E-state index in [0.717, 1.165) is 64.3 Å². The minimum atomic E-state index is 0. The molecule has 0 amide bonds. The van der Waals surface area contributed by atoms with Crippen LogP contribution >= 0.6 is 24.0 Å². The summed E-state index contributed by atoms with van der Waals surface area (Å²) in [6.45, 7) is 11.1. The Morgan fingerprint density at radius 3 is 2.60 bits per heavy atom. The van der Waals surface area contributed by atoms with Crippen LogP contribution in [0.25, 0.3) is 0 Å². The van der Waals surface area contributed by atoms with Crippen LogP contribution in [-0.4, -0.2) is 63.2 Å². The monoisotopic (exact) mass is 471 g/mol. The molecule has 1 heterocycles. The minimum Gasteiger partial charge on any atom is -0.396 e. The molecule has 1 saturated heterocycles. The van der Waals surface area contributed by atoms with Gasteiger partial charge in [0.15, 0.2) is 5.96 Å². The van der Waals surface area contributed by atoms with Gasteiger partial charge in [-0.3, -0.25) is 4.99 Å². The molecule has 1 aliphatic heterocycles. The van der Waals surface area contributed by atoms with Crippen LogP contribution in [0.15, 0.2) is 4.99 Å². The number of halogens is 1. The van der Waals surface area contributed by atoms with Crippen molar-refractivity contribution >= 4 is 29.9 Å². The second-order valence-electron chi connectivity index (χ2n) is 6.51. The molecule has 1 aliphatic rings. The fraction of sp³-hybridized carbons (Fsp3) is 0.944. The summed E-state index contributed by atoms with van der Waals surface area (Å²) in [5.74, 6) is 0.822. The van der Waals surface area contributed by atoms with Gasteiger partial charge in [0.25, 0.3) is 0 Å². The Bertz CT molecular complexity index is 346. The van der Waals surface area contributed by atoms with Crippen LogP contribution in [0.2, 0.25) is 0 Å². The molecule has 6 nitrogen and oxygen atoms in total. The molecule has 0 aliphatic carbocycles. The number of guanidine groups is 1. The Balaban J connectivity index is 0.00000576. The van der Waals surface area contributed by atoms with Gasteiger partial charge in [0, 0.05) is 32.8 Å². The zero-order chi connectivity index (χ0) is 17.7. The number of nitrogens with zero attached hydrogens (tertiary/aromatic N) is 1. The lowest BCUT2D eigenvalue weighted by Gasteiger charge is -2.29. The lowest BCUT2D eigenvalue weighted by atomic mass is 9.79. The quantitative estimate of drug-likeness (QED) is 0.177. The summed E-state index contributed by atoms with van der Waals surface area (Å²) in [6.07, 6.45) is 5.38. The Kier molecular flexibility index (Phi) is 14.9. The molecule has 0 radical (unpaired) electrons. The molecule has 1 fully saturated rings. The predicted octanol–water partition coefficient (Wildman–Crippen LogP) is 2.54. The third-order valence-corrected chi connectivity index (χ3v) is 4.93. The number of hydrogen-bond donors (Lipinski definition) is 3. The number of aliphatic hydroxyl groups excluding tert-OH is 1. The molecule has 0 aromatic heterocycles. The fourth-order valence-electron chi connectivity index (χ4n) is 2.96. The van der Waals surface area contributed by atoms with Gasteiger partial charge in [-0.1, -0.05) is 13.8 Å². The van der Waals surface area contributed by atoms with Gasteiger partial charge in [-0.05, 0) is 44.4 Å². The van der Waals surface area contributed by atoms with Crippen molar-refractivity contribution in [2.45, 2.75) is 59.0 Å². The molecule has 0 aromatic carbocycles. The third-order valence-electron chi connectivity index (χ3n) is 4.93. The standard InChI is InChI=1S/C18H37N3O3.HI/c1-4-18(5-2,9-11-22)15-21-17(19-6-3)20-10-13-23-14-16-8-7-12-24-16;/h16,22H,4-15H2,1-3H3,(H2,19,20,21);1H. The molecule has 25 heavy (non-hydrogen) atoms. The summed E-state index contributed by atoms with van der Waals surface area (Å²) < 4.78 is 11.2. The van der Waals surface area contributed by atoms with Crippen molar-refractivity contribution in [2.75, 3.05) is 46.1 Å². The largest absolute Gasteiger partial charge is 0.396 e. The van der Waals surface area contributed by atoms with E-state index >= 15 is 0 Å². The van der Waals surface area contributed by atoms with Crippen LogP contribution in [0, 0.1) is 5.41 Å². The van der Waals surface area contributed by atoms with Crippen LogP contribution in [0.5, 0.6) is 0 Å². The molecule has 1 atom stereocenters. The molecule has 0 aromatic rings. The maximum atomic E-state index is 9.32. The number of aliphatic hydroxyl groups is 1. The van der Waals surface area contributed by atoms with E-state index in [-0.39, 0.29) is 42.1 Å². The van der Waals surface area contributed by atoms with Crippen LogP contribution in [0.4, 0.5) is 0 Å². The van der Waals surface area contributed by atoms with E-state index < -0.39 is 0 Å². The lowest BCUT2D eigenvalue weighted by molar-refractivity contribution is 0.0191. The minimum absolute atomic E-state index is 0. The van der Waals surface area contributed by atoms with Crippen molar-refractivity contribution < 1.29 is 14.6 Å². The highest BCUT2D eigenvalue weighted by Crippen LogP contribution is 2.30. The molecular formula is C18H38IN3O3. The highest BCUT2D eigenvalue weighted by molar-refractivity contribution is 14.0. The molecule has 1 unspecified atom stereocenters. The summed E-state index contributed by atoms with van der Waals surface area (Å²) >= 11 is 0. The zero-order valence-electron chi connectivity index (χ0n) is 16.2. The topological polar surface area (TPSA) is 75.1 Å². The van der Waals surface area contributed by atoms with Crippen molar-refractivity contribution in [3.63, 3.8) is 0 Å². The van der Waals surface area contributed by atoms with Crippen molar-refractivity contribution in [2.24, 2.45) is 10.4 Å². The van der Waals surface area contributed by atoms with Crippen LogP contribution in [0.3, 0.4) is 0 Å². The molecule has 7 heteroatoms. The first-order valence-electron chi connectivity index (χ1n) is 9.52. The molecule has 150 valence electrons. The van der Waals surface area contributed by atoms with Crippen LogP contribution < -0.4 is 10.6 Å². The van der Waals surface area contributed by atoms with E-state index in [0.29, 0.717) is 13.2 Å². The van der Waals surface area contributed by atoms with E-state index in [2.05, 4.69) is 31.4 Å². The molecule has 0 spiro atoms. The predicted molar refractivity (Wildman–Crippen MR) is 114 cm³/mol. The van der Waals surface area contributed by atoms with Crippen molar-refractivity contribution in [1.82, 2.24) is 10.6 Å². The first-order valence-corrected chi connectivity index (χ1v) is 9.52. The van der Waals surface area contributed by atoms with Crippen molar-refractivity contribution in [1.29, 1.82) is 0 Å².